The molecule has 1 aliphatic rings. The molecular formula is C58H41N6OPt-3. The monoisotopic (exact) mass is 1040 g/mol. The van der Waals surface area contributed by atoms with E-state index < -0.39 is 14.0 Å². The van der Waals surface area contributed by atoms with Crippen LogP contribution in [0, 0.1) is 32.6 Å². The molecule has 5 heterocycles. The summed E-state index contributed by atoms with van der Waals surface area (Å²) in [5, 5.41) is 4.96. The van der Waals surface area contributed by atoms with Crippen molar-refractivity contribution in [1.82, 2.24) is 18.7 Å². The Labute approximate surface area is 405 Å². The fraction of sp³-hybridized carbons (Fsp3) is 0.0690. The van der Waals surface area contributed by atoms with E-state index in [1.54, 1.807) is 0 Å². The van der Waals surface area contributed by atoms with Gasteiger partial charge >= 0.3 is 0 Å². The molecule has 8 aromatic carbocycles. The number of hydrogen-bond acceptors (Lipinski definition) is 4. The van der Waals surface area contributed by atoms with E-state index in [4.69, 9.17) is 9.72 Å². The minimum atomic E-state index is -2.68. The fourth-order valence-electron chi connectivity index (χ4n) is 9.93. The Morgan fingerprint density at radius 1 is 0.561 bits per heavy atom. The number of rotatable bonds is 6. The molecule has 0 aliphatic carbocycles. The summed E-state index contributed by atoms with van der Waals surface area (Å²) in [5.41, 5.74) is 9.93. The summed E-state index contributed by atoms with van der Waals surface area (Å²) >= 11 is 0. The van der Waals surface area contributed by atoms with Crippen LogP contribution in [0.5, 0.6) is 11.5 Å². The SMILES string of the molecule is [2H]C([2H])([2H])n1c2ccccc2c2c(-c3ccccc3)c3c4ccccc4n(C([2H])([2H])[2H])c3c(N3[CH-]N(c4[c-]c(Oc5[c-]c6c(cc5)c5ccccc5n6-c5cc(C)c(C)cn5)ccc4)c4ccccc43)c21.[Pt]. The number of benzene rings is 8. The maximum atomic E-state index is 9.18. The molecule has 0 atom stereocenters. The van der Waals surface area contributed by atoms with Crippen LogP contribution >= 0.6 is 0 Å². The van der Waals surface area contributed by atoms with Crippen molar-refractivity contribution in [3.8, 4) is 28.4 Å². The first kappa shape index (κ1) is 33.8. The van der Waals surface area contributed by atoms with E-state index in [0.717, 1.165) is 66.3 Å². The predicted octanol–water partition coefficient (Wildman–Crippen LogP) is 14.6. The van der Waals surface area contributed by atoms with Crippen LogP contribution in [0.2, 0.25) is 0 Å². The molecule has 4 aromatic heterocycles. The second-order valence-electron chi connectivity index (χ2n) is 16.7. The van der Waals surface area contributed by atoms with E-state index >= 15 is 0 Å². The average Bonchev–Trinajstić information content (AvgIpc) is 4.12. The quantitative estimate of drug-likeness (QED) is 0.156. The Kier molecular flexibility index (Phi) is 7.82. The van der Waals surface area contributed by atoms with Gasteiger partial charge in [-0.05, 0) is 72.3 Å². The third kappa shape index (κ3) is 5.82. The molecule has 0 bridgehead atoms. The van der Waals surface area contributed by atoms with E-state index in [9.17, 15) is 8.22 Å². The Bertz CT molecular complexity index is 4050. The molecule has 0 spiro atoms. The van der Waals surface area contributed by atoms with Gasteiger partial charge in [0.05, 0.1) is 16.7 Å². The van der Waals surface area contributed by atoms with Gasteiger partial charge in [0.15, 0.2) is 0 Å². The molecule has 0 saturated heterocycles. The van der Waals surface area contributed by atoms with Crippen LogP contribution in [0.3, 0.4) is 0 Å². The number of fused-ring (bicyclic) bond motifs is 10. The first-order valence-electron chi connectivity index (χ1n) is 24.6. The van der Waals surface area contributed by atoms with Crippen LogP contribution in [0.1, 0.15) is 19.4 Å². The van der Waals surface area contributed by atoms with E-state index in [1.165, 1.54) is 9.13 Å². The summed E-state index contributed by atoms with van der Waals surface area (Å²) < 4.78 is 66.6. The van der Waals surface area contributed by atoms with Crippen molar-refractivity contribution in [2.45, 2.75) is 13.8 Å². The second kappa shape index (κ2) is 15.3. The smallest absolute Gasteiger partial charge is 0.135 e. The Morgan fingerprint density at radius 3 is 1.85 bits per heavy atom. The van der Waals surface area contributed by atoms with Gasteiger partial charge in [0, 0.05) is 116 Å². The fourth-order valence-corrected chi connectivity index (χ4v) is 9.93. The van der Waals surface area contributed by atoms with Gasteiger partial charge in [-0.25, -0.2) is 4.98 Å². The number of hydrogen-bond donors (Lipinski definition) is 0. The molecule has 0 amide bonds. The largest absolute Gasteiger partial charge is 0.509 e. The molecule has 0 fully saturated rings. The molecule has 66 heavy (non-hydrogen) atoms. The number of pyridine rings is 1. The predicted molar refractivity (Wildman–Crippen MR) is 267 cm³/mol. The van der Waals surface area contributed by atoms with Crippen molar-refractivity contribution in [1.29, 1.82) is 0 Å². The molecule has 0 radical (unpaired) electrons. The standard InChI is InChI=1S/C58H41N6O.Pt/c1-36-31-52(59-34-37(36)2)64-48-26-13-8-21-42(48)43-30-29-41(33-51(43)64)65-40-20-16-19-39(32-40)62-35-63(50-28-15-14-27-49(50)62)58-56-54(44-22-9-11-24-46(44)60(56)3)53(38-17-6-5-7-18-38)55-45-23-10-12-25-47(45)61(4)57(55)58;/h5-31,34-35H,1-4H3;/q-3;/i3D3,4D3;. The van der Waals surface area contributed by atoms with Gasteiger partial charge in [0.25, 0.3) is 0 Å². The third-order valence-electron chi connectivity index (χ3n) is 13.0. The normalized spacial score (nSPS) is 14.3. The van der Waals surface area contributed by atoms with Crippen molar-refractivity contribution >= 4 is 88.2 Å². The molecule has 0 unspecified atom stereocenters. The summed E-state index contributed by atoms with van der Waals surface area (Å²) in [5.74, 6) is 1.72. The van der Waals surface area contributed by atoms with Crippen LogP contribution in [0.15, 0.2) is 170 Å². The van der Waals surface area contributed by atoms with E-state index in [0.29, 0.717) is 61.4 Å². The van der Waals surface area contributed by atoms with Gasteiger partial charge in [-0.2, -0.15) is 12.1 Å². The van der Waals surface area contributed by atoms with E-state index in [1.807, 2.05) is 162 Å². The summed E-state index contributed by atoms with van der Waals surface area (Å²) in [6, 6.07) is 59.8. The summed E-state index contributed by atoms with van der Waals surface area (Å²) in [6.45, 7) is 0.667. The number of ether oxygens (including phenoxy) is 1. The average molecular weight is 1040 g/mol. The van der Waals surface area contributed by atoms with Crippen LogP contribution in [-0.4, -0.2) is 18.7 Å². The first-order valence-corrected chi connectivity index (χ1v) is 21.6. The van der Waals surface area contributed by atoms with Crippen LogP contribution in [0.4, 0.5) is 22.7 Å². The van der Waals surface area contributed by atoms with Crippen molar-refractivity contribution in [2.24, 2.45) is 14.0 Å². The van der Waals surface area contributed by atoms with E-state index in [-0.39, 0.29) is 21.1 Å². The van der Waals surface area contributed by atoms with Crippen molar-refractivity contribution in [3.05, 3.63) is 200 Å². The molecule has 1 aliphatic heterocycles. The second-order valence-corrected chi connectivity index (χ2v) is 16.7. The zero-order valence-electron chi connectivity index (χ0n) is 41.7. The zero-order chi connectivity index (χ0) is 48.5. The molecule has 8 heteroatoms. The van der Waals surface area contributed by atoms with Gasteiger partial charge < -0.3 is 28.2 Å². The van der Waals surface area contributed by atoms with Crippen LogP contribution < -0.4 is 14.5 Å². The van der Waals surface area contributed by atoms with Gasteiger partial charge in [-0.1, -0.05) is 103 Å². The Balaban J connectivity index is 0.00000530. The Hall–Kier alpha value is -7.60. The third-order valence-corrected chi connectivity index (χ3v) is 13.0. The first-order chi connectivity index (χ1) is 34.3. The van der Waals surface area contributed by atoms with Crippen molar-refractivity contribution in [2.75, 3.05) is 9.80 Å². The van der Waals surface area contributed by atoms with Crippen molar-refractivity contribution < 1.29 is 34.0 Å². The molecule has 12 aromatic rings. The van der Waals surface area contributed by atoms with Crippen molar-refractivity contribution in [3.63, 3.8) is 0 Å². The number of nitrogens with zero attached hydrogens (tertiary/aromatic N) is 6. The molecule has 0 N–H and O–H groups in total. The van der Waals surface area contributed by atoms with Gasteiger partial charge in [-0.15, -0.1) is 48.1 Å². The summed E-state index contributed by atoms with van der Waals surface area (Å²) in [7, 11) is 0. The minimum absolute atomic E-state index is 0. The van der Waals surface area contributed by atoms with E-state index in [2.05, 4.69) is 54.8 Å². The van der Waals surface area contributed by atoms with Crippen LogP contribution in [0.25, 0.3) is 82.4 Å². The van der Waals surface area contributed by atoms with Crippen LogP contribution in [-0.2, 0) is 35.0 Å². The summed E-state index contributed by atoms with van der Waals surface area (Å²) in [6.07, 6.45) is 1.89. The molecule has 322 valence electrons. The number of aromatic nitrogens is 4. The molecule has 13 rings (SSSR count). The zero-order valence-corrected chi connectivity index (χ0v) is 37.9. The van der Waals surface area contributed by atoms with Gasteiger partial charge in [0.2, 0.25) is 0 Å². The number of aryl methyl sites for hydroxylation is 4. The molecular weight excluding hydrogens is 992 g/mol. The van der Waals surface area contributed by atoms with Gasteiger partial charge in [-0.3, -0.25) is 0 Å². The Morgan fingerprint density at radius 2 is 1.17 bits per heavy atom. The maximum absolute atomic E-state index is 9.18. The maximum Gasteiger partial charge on any atom is 0.135 e. The van der Waals surface area contributed by atoms with Gasteiger partial charge in [0.1, 0.15) is 5.82 Å². The number of anilines is 4. The minimum Gasteiger partial charge on any atom is -0.509 e. The topological polar surface area (TPSA) is 43.4 Å². The number of para-hydroxylation sites is 5. The summed E-state index contributed by atoms with van der Waals surface area (Å²) in [4.78, 5) is 8.75. The molecule has 7 nitrogen and oxygen atoms in total. The molecule has 0 saturated carbocycles.